The van der Waals surface area contributed by atoms with E-state index in [0.717, 1.165) is 34.4 Å². The zero-order valence-electron chi connectivity index (χ0n) is 13.3. The molecule has 102 valence electrons. The third-order valence-corrected chi connectivity index (χ3v) is 3.26. The van der Waals surface area contributed by atoms with Gasteiger partial charge in [-0.05, 0) is 37.3 Å². The second kappa shape index (κ2) is 6.80. The normalized spacial score (nSPS) is 11.0. The Labute approximate surface area is 166 Å². The van der Waals surface area contributed by atoms with E-state index in [1.807, 2.05) is 42.9 Å². The van der Waals surface area contributed by atoms with E-state index in [9.17, 15) is 4.79 Å². The van der Waals surface area contributed by atoms with Crippen molar-refractivity contribution in [3.05, 3.63) is 47.9 Å². The summed E-state index contributed by atoms with van der Waals surface area (Å²) in [5.74, 6) is 0.898. The van der Waals surface area contributed by atoms with Gasteiger partial charge in [-0.3, -0.25) is 14.0 Å². The minimum atomic E-state index is 0. The molecule has 0 N–H and O–H groups in total. The van der Waals surface area contributed by atoms with Crippen LogP contribution in [0.2, 0.25) is 0 Å². The van der Waals surface area contributed by atoms with Crippen LogP contribution in [0.5, 0.6) is 0 Å². The van der Waals surface area contributed by atoms with E-state index in [2.05, 4.69) is 10.1 Å². The molecule has 0 radical (unpaired) electrons. The minimum absolute atomic E-state index is 0. The number of hydrogen-bond donors (Lipinski definition) is 0. The molecule has 5 nitrogen and oxygen atoms in total. The summed E-state index contributed by atoms with van der Waals surface area (Å²) in [4.78, 5) is 15.0. The molecule has 0 atom stereocenters. The standard InChI is InChI=1S/C15H14N4O.K.H/c1-11-13(6-4-10-20)15(18(2)17-11)19-9-7-12-5-3-8-16-14(12)19;;/h3-10H,1-2H3;;/q;+1;-1/b6-4+;;. The average Bonchev–Trinajstić information content (AvgIpc) is 2.97. The summed E-state index contributed by atoms with van der Waals surface area (Å²) in [7, 11) is 1.88. The SMILES string of the molecule is Cc1nn(C)c(-n2ccc3cccnc32)c1/C=C/C=O.[H-].[K+]. The van der Waals surface area contributed by atoms with Crippen molar-refractivity contribution in [1.29, 1.82) is 0 Å². The van der Waals surface area contributed by atoms with Gasteiger partial charge in [-0.1, -0.05) is 0 Å². The van der Waals surface area contributed by atoms with Gasteiger partial charge in [0, 0.05) is 30.4 Å². The van der Waals surface area contributed by atoms with Gasteiger partial charge in [-0.15, -0.1) is 0 Å². The van der Waals surface area contributed by atoms with Crippen LogP contribution in [0.1, 0.15) is 12.7 Å². The summed E-state index contributed by atoms with van der Waals surface area (Å²) in [6.45, 7) is 1.92. The van der Waals surface area contributed by atoms with Crippen molar-refractivity contribution in [2.45, 2.75) is 6.92 Å². The fourth-order valence-corrected chi connectivity index (χ4v) is 2.42. The molecule has 0 aliphatic heterocycles. The largest absolute Gasteiger partial charge is 1.00 e. The van der Waals surface area contributed by atoms with Crippen molar-refractivity contribution in [3.8, 4) is 5.82 Å². The van der Waals surface area contributed by atoms with Gasteiger partial charge in [0.25, 0.3) is 0 Å². The van der Waals surface area contributed by atoms with Crippen molar-refractivity contribution in [3.63, 3.8) is 0 Å². The maximum Gasteiger partial charge on any atom is 1.00 e. The van der Waals surface area contributed by atoms with Gasteiger partial charge in [0.1, 0.15) is 17.8 Å². The number of carbonyl (C=O) groups is 1. The summed E-state index contributed by atoms with van der Waals surface area (Å²) in [6.07, 6.45) is 7.75. The number of aldehydes is 1. The molecule has 0 amide bonds. The Kier molecular flexibility index (Phi) is 5.29. The number of nitrogens with zero attached hydrogens (tertiary/aromatic N) is 4. The Balaban J connectivity index is 0.00000121. The van der Waals surface area contributed by atoms with Crippen LogP contribution in [0.3, 0.4) is 0 Å². The van der Waals surface area contributed by atoms with Crippen molar-refractivity contribution >= 4 is 23.4 Å². The first kappa shape index (κ1) is 16.3. The Morgan fingerprint density at radius 3 is 2.90 bits per heavy atom. The second-order valence-electron chi connectivity index (χ2n) is 4.54. The maximum atomic E-state index is 10.6. The van der Waals surface area contributed by atoms with Crippen LogP contribution in [0, 0.1) is 6.92 Å². The van der Waals surface area contributed by atoms with E-state index in [1.165, 1.54) is 6.08 Å². The molecular formula is C15H15KN4O. The third-order valence-electron chi connectivity index (χ3n) is 3.26. The summed E-state index contributed by atoms with van der Waals surface area (Å²) < 4.78 is 3.79. The number of aromatic nitrogens is 4. The van der Waals surface area contributed by atoms with E-state index in [-0.39, 0.29) is 52.8 Å². The van der Waals surface area contributed by atoms with E-state index >= 15 is 0 Å². The summed E-state index contributed by atoms with van der Waals surface area (Å²) in [5.41, 5.74) is 2.66. The molecule has 3 heterocycles. The van der Waals surface area contributed by atoms with Crippen molar-refractivity contribution in [2.24, 2.45) is 7.05 Å². The van der Waals surface area contributed by atoms with Gasteiger partial charge in [0.05, 0.1) is 5.69 Å². The zero-order chi connectivity index (χ0) is 14.1. The molecular weight excluding hydrogens is 291 g/mol. The molecule has 0 unspecified atom stereocenters. The van der Waals surface area contributed by atoms with Crippen LogP contribution in [0.15, 0.2) is 36.7 Å². The summed E-state index contributed by atoms with van der Waals surface area (Å²) >= 11 is 0. The van der Waals surface area contributed by atoms with Gasteiger partial charge < -0.3 is 1.43 Å². The first-order valence-corrected chi connectivity index (χ1v) is 6.30. The van der Waals surface area contributed by atoms with Crippen LogP contribution >= 0.6 is 0 Å². The number of pyridine rings is 1. The van der Waals surface area contributed by atoms with Crippen LogP contribution in [-0.4, -0.2) is 25.6 Å². The van der Waals surface area contributed by atoms with Crippen molar-refractivity contribution in [2.75, 3.05) is 0 Å². The van der Waals surface area contributed by atoms with Gasteiger partial charge in [-0.25, -0.2) is 4.98 Å². The predicted molar refractivity (Wildman–Crippen MR) is 78.8 cm³/mol. The molecule has 3 rings (SSSR count). The molecule has 0 spiro atoms. The monoisotopic (exact) mass is 306 g/mol. The Morgan fingerprint density at radius 1 is 1.33 bits per heavy atom. The minimum Gasteiger partial charge on any atom is -1.00 e. The maximum absolute atomic E-state index is 10.6. The molecule has 21 heavy (non-hydrogen) atoms. The van der Waals surface area contributed by atoms with E-state index in [1.54, 1.807) is 17.0 Å². The molecule has 0 saturated heterocycles. The molecule has 0 bridgehead atoms. The molecule has 0 aliphatic rings. The molecule has 3 aromatic rings. The molecule has 6 heteroatoms. The molecule has 0 saturated carbocycles. The van der Waals surface area contributed by atoms with E-state index in [0.29, 0.717) is 0 Å². The van der Waals surface area contributed by atoms with Gasteiger partial charge in [-0.2, -0.15) is 5.10 Å². The predicted octanol–water partition coefficient (Wildman–Crippen LogP) is -0.604. The summed E-state index contributed by atoms with van der Waals surface area (Å²) in [5, 5.41) is 5.49. The first-order valence-electron chi connectivity index (χ1n) is 6.30. The number of carbonyl (C=O) groups excluding carboxylic acids is 1. The van der Waals surface area contributed by atoms with Gasteiger partial charge in [0.15, 0.2) is 0 Å². The summed E-state index contributed by atoms with van der Waals surface area (Å²) in [6, 6.07) is 5.94. The van der Waals surface area contributed by atoms with Crippen molar-refractivity contribution in [1.82, 2.24) is 19.3 Å². The average molecular weight is 306 g/mol. The number of fused-ring (bicyclic) bond motifs is 1. The Bertz CT molecular complexity index is 822. The number of hydrogen-bond acceptors (Lipinski definition) is 3. The van der Waals surface area contributed by atoms with E-state index in [4.69, 9.17) is 0 Å². The number of allylic oxidation sites excluding steroid dienone is 1. The topological polar surface area (TPSA) is 52.7 Å². The van der Waals surface area contributed by atoms with Crippen LogP contribution < -0.4 is 51.4 Å². The van der Waals surface area contributed by atoms with Crippen LogP contribution in [0.25, 0.3) is 22.9 Å². The number of rotatable bonds is 3. The Hall–Kier alpha value is -1.05. The third kappa shape index (κ3) is 2.95. The second-order valence-corrected chi connectivity index (χ2v) is 4.54. The quantitative estimate of drug-likeness (QED) is 0.369. The molecule has 0 fully saturated rings. The zero-order valence-corrected chi connectivity index (χ0v) is 15.4. The Morgan fingerprint density at radius 2 is 2.14 bits per heavy atom. The smallest absolute Gasteiger partial charge is 1.00 e. The van der Waals surface area contributed by atoms with E-state index < -0.39 is 0 Å². The van der Waals surface area contributed by atoms with Gasteiger partial charge in [0.2, 0.25) is 0 Å². The number of aryl methyl sites for hydroxylation is 2. The first-order chi connectivity index (χ1) is 9.72. The fourth-order valence-electron chi connectivity index (χ4n) is 2.42. The molecule has 0 aromatic carbocycles. The van der Waals surface area contributed by atoms with Crippen LogP contribution in [-0.2, 0) is 11.8 Å². The van der Waals surface area contributed by atoms with Crippen molar-refractivity contribution < 1.29 is 57.6 Å². The molecule has 0 aliphatic carbocycles. The molecule has 3 aromatic heterocycles. The van der Waals surface area contributed by atoms with Crippen LogP contribution in [0.4, 0.5) is 0 Å². The fraction of sp³-hybridized carbons (Fsp3) is 0.133. The van der Waals surface area contributed by atoms with Gasteiger partial charge >= 0.3 is 51.4 Å².